The Labute approximate surface area is 204 Å². The van der Waals surface area contributed by atoms with Crippen LogP contribution in [0, 0.1) is 25.6 Å². The molecule has 0 saturated heterocycles. The molecule has 0 unspecified atom stereocenters. The van der Waals surface area contributed by atoms with Gasteiger partial charge in [0, 0.05) is 24.4 Å². The number of aromatic amines is 1. The van der Waals surface area contributed by atoms with Crippen molar-refractivity contribution in [1.82, 2.24) is 19.9 Å². The van der Waals surface area contributed by atoms with Gasteiger partial charge in [0.15, 0.2) is 0 Å². The number of carbonyl (C=O) groups excluding carboxylic acids is 1. The first-order valence-corrected chi connectivity index (χ1v) is 12.1. The van der Waals surface area contributed by atoms with E-state index >= 15 is 4.39 Å². The minimum atomic E-state index is -0.362. The number of hydrogen-bond acceptors (Lipinski definition) is 5. The first kappa shape index (κ1) is 23.1. The maximum absolute atomic E-state index is 15.1. The van der Waals surface area contributed by atoms with Crippen molar-refractivity contribution in [2.24, 2.45) is 5.92 Å². The van der Waals surface area contributed by atoms with Gasteiger partial charge in [-0.25, -0.2) is 19.3 Å². The highest BCUT2D eigenvalue weighted by Gasteiger charge is 2.24. The van der Waals surface area contributed by atoms with Crippen molar-refractivity contribution in [2.75, 3.05) is 0 Å². The molecule has 1 fully saturated rings. The Kier molecular flexibility index (Phi) is 6.32. The van der Waals surface area contributed by atoms with E-state index in [1.807, 2.05) is 32.0 Å². The third-order valence-corrected chi connectivity index (χ3v) is 7.01. The van der Waals surface area contributed by atoms with Gasteiger partial charge in [0.2, 0.25) is 0 Å². The Balaban J connectivity index is 1.28. The van der Waals surface area contributed by atoms with Crippen molar-refractivity contribution in [3.8, 4) is 28.5 Å². The number of imidazole rings is 1. The molecule has 4 aromatic rings. The molecule has 7 heteroatoms. The fourth-order valence-electron chi connectivity index (χ4n) is 4.86. The Morgan fingerprint density at radius 1 is 1.06 bits per heavy atom. The number of nitrogens with one attached hydrogen (secondary N) is 1. The number of rotatable bonds is 6. The van der Waals surface area contributed by atoms with Gasteiger partial charge in [-0.15, -0.1) is 0 Å². The quantitative estimate of drug-likeness (QED) is 0.353. The number of Topliss-reactive ketones (excluding diaryl/α,β-unsaturated/α-hetero) is 1. The molecule has 2 aromatic carbocycles. The number of H-pyrrole nitrogens is 1. The maximum atomic E-state index is 15.1. The van der Waals surface area contributed by atoms with Gasteiger partial charge in [0.05, 0.1) is 16.6 Å². The molecule has 2 aromatic heterocycles. The molecular weight excluding hydrogens is 443 g/mol. The second kappa shape index (κ2) is 9.56. The van der Waals surface area contributed by atoms with Gasteiger partial charge >= 0.3 is 6.01 Å². The van der Waals surface area contributed by atoms with Crippen molar-refractivity contribution < 1.29 is 13.9 Å². The number of ether oxygens (including phenoxy) is 1. The minimum absolute atomic E-state index is 0.0667. The summed E-state index contributed by atoms with van der Waals surface area (Å²) in [5.74, 6) is 0.857. The summed E-state index contributed by atoms with van der Waals surface area (Å²) < 4.78 is 21.0. The third-order valence-electron chi connectivity index (χ3n) is 7.01. The molecule has 2 heterocycles. The highest BCUT2D eigenvalue weighted by Crippen LogP contribution is 2.31. The lowest BCUT2D eigenvalue weighted by Crippen LogP contribution is -2.25. The first-order valence-electron chi connectivity index (χ1n) is 12.1. The molecule has 0 amide bonds. The number of carbonyl (C=O) groups is 1. The zero-order valence-corrected chi connectivity index (χ0v) is 20.3. The lowest BCUT2D eigenvalue weighted by Gasteiger charge is -2.27. The molecule has 0 bridgehead atoms. The van der Waals surface area contributed by atoms with E-state index in [0.717, 1.165) is 47.8 Å². The van der Waals surface area contributed by atoms with Crippen LogP contribution in [-0.4, -0.2) is 31.8 Å². The van der Waals surface area contributed by atoms with E-state index in [1.54, 1.807) is 25.4 Å². The van der Waals surface area contributed by atoms with E-state index in [2.05, 4.69) is 19.9 Å². The smallest absolute Gasteiger partial charge is 0.316 e. The second-order valence-corrected chi connectivity index (χ2v) is 9.60. The molecule has 0 spiro atoms. The molecule has 180 valence electrons. The Morgan fingerprint density at radius 3 is 2.49 bits per heavy atom. The zero-order chi connectivity index (χ0) is 24.5. The van der Waals surface area contributed by atoms with E-state index in [-0.39, 0.29) is 17.7 Å². The molecular formula is C28H29FN4O2. The SMILES string of the molecule is CC(=O)CC1CCC(Oc2ncc(-c3ccc(-c4nc5c(C)c(C)ccc5[nH]4)c(F)c3)cn2)CC1. The Bertz CT molecular complexity index is 1370. The van der Waals surface area contributed by atoms with Crippen LogP contribution < -0.4 is 4.74 Å². The van der Waals surface area contributed by atoms with E-state index in [0.29, 0.717) is 40.9 Å². The topological polar surface area (TPSA) is 80.8 Å². The van der Waals surface area contributed by atoms with Crippen LogP contribution in [0.1, 0.15) is 50.2 Å². The van der Waals surface area contributed by atoms with Crippen molar-refractivity contribution >= 4 is 16.8 Å². The van der Waals surface area contributed by atoms with Gasteiger partial charge in [-0.2, -0.15) is 0 Å². The number of halogens is 1. The summed E-state index contributed by atoms with van der Waals surface area (Å²) in [6.45, 7) is 5.71. The summed E-state index contributed by atoms with van der Waals surface area (Å²) in [5, 5.41) is 0. The van der Waals surface area contributed by atoms with E-state index in [4.69, 9.17) is 4.74 Å². The highest BCUT2D eigenvalue weighted by molar-refractivity contribution is 5.83. The molecule has 0 atom stereocenters. The van der Waals surface area contributed by atoms with Gasteiger partial charge in [0.25, 0.3) is 0 Å². The van der Waals surface area contributed by atoms with Crippen LogP contribution in [0.15, 0.2) is 42.7 Å². The average molecular weight is 473 g/mol. The summed E-state index contributed by atoms with van der Waals surface area (Å²) in [5.41, 5.74) is 5.81. The van der Waals surface area contributed by atoms with Crippen LogP contribution >= 0.6 is 0 Å². The normalized spacial score (nSPS) is 18.1. The summed E-state index contributed by atoms with van der Waals surface area (Å²) in [6.07, 6.45) is 7.81. The summed E-state index contributed by atoms with van der Waals surface area (Å²) >= 11 is 0. The van der Waals surface area contributed by atoms with Crippen molar-refractivity contribution in [1.29, 1.82) is 0 Å². The lowest BCUT2D eigenvalue weighted by molar-refractivity contribution is -0.118. The molecule has 6 nitrogen and oxygen atoms in total. The van der Waals surface area contributed by atoms with Gasteiger partial charge in [-0.3, -0.25) is 0 Å². The monoisotopic (exact) mass is 472 g/mol. The fourth-order valence-corrected chi connectivity index (χ4v) is 4.86. The lowest BCUT2D eigenvalue weighted by atomic mass is 9.84. The largest absolute Gasteiger partial charge is 0.460 e. The highest BCUT2D eigenvalue weighted by atomic mass is 19.1. The van der Waals surface area contributed by atoms with E-state index < -0.39 is 0 Å². The molecule has 0 aliphatic heterocycles. The van der Waals surface area contributed by atoms with Crippen LogP contribution in [-0.2, 0) is 4.79 Å². The minimum Gasteiger partial charge on any atom is -0.460 e. The Hall–Kier alpha value is -3.61. The summed E-state index contributed by atoms with van der Waals surface area (Å²) in [7, 11) is 0. The van der Waals surface area contributed by atoms with Crippen molar-refractivity contribution in [3.05, 3.63) is 59.7 Å². The van der Waals surface area contributed by atoms with Crippen LogP contribution in [0.4, 0.5) is 4.39 Å². The van der Waals surface area contributed by atoms with Crippen molar-refractivity contribution in [2.45, 2.75) is 59.0 Å². The van der Waals surface area contributed by atoms with Crippen LogP contribution in [0.3, 0.4) is 0 Å². The number of benzene rings is 2. The maximum Gasteiger partial charge on any atom is 0.316 e. The van der Waals surface area contributed by atoms with Gasteiger partial charge in [-0.05, 0) is 87.3 Å². The van der Waals surface area contributed by atoms with E-state index in [1.165, 1.54) is 6.07 Å². The summed E-state index contributed by atoms with van der Waals surface area (Å²) in [4.78, 5) is 27.9. The predicted octanol–water partition coefficient (Wildman–Crippen LogP) is 6.36. The number of fused-ring (bicyclic) bond motifs is 1. The number of ketones is 1. The number of nitrogens with zero attached hydrogens (tertiary/aromatic N) is 3. The molecule has 35 heavy (non-hydrogen) atoms. The fraction of sp³-hybridized carbons (Fsp3) is 0.357. The first-order chi connectivity index (χ1) is 16.9. The Morgan fingerprint density at radius 2 is 1.80 bits per heavy atom. The number of aryl methyl sites for hydroxylation is 2. The molecule has 0 radical (unpaired) electrons. The molecule has 1 N–H and O–H groups in total. The number of hydrogen-bond donors (Lipinski definition) is 1. The van der Waals surface area contributed by atoms with Crippen LogP contribution in [0.25, 0.3) is 33.5 Å². The second-order valence-electron chi connectivity index (χ2n) is 9.60. The third kappa shape index (κ3) is 4.94. The van der Waals surface area contributed by atoms with Gasteiger partial charge < -0.3 is 14.5 Å². The molecule has 1 saturated carbocycles. The standard InChI is InChI=1S/C28H29FN4O2/c1-16-4-11-25-26(18(16)3)33-27(32-25)23-10-7-20(13-24(23)29)21-14-30-28(31-15-21)35-22-8-5-19(6-9-22)12-17(2)34/h4,7,10-11,13-15,19,22H,5-6,8-9,12H2,1-3H3,(H,32,33). The predicted molar refractivity (Wildman–Crippen MR) is 134 cm³/mol. The van der Waals surface area contributed by atoms with Crippen LogP contribution in [0.2, 0.25) is 0 Å². The van der Waals surface area contributed by atoms with Crippen molar-refractivity contribution in [3.63, 3.8) is 0 Å². The van der Waals surface area contributed by atoms with Gasteiger partial charge in [0.1, 0.15) is 23.5 Å². The van der Waals surface area contributed by atoms with Crippen LogP contribution in [0.5, 0.6) is 6.01 Å². The summed E-state index contributed by atoms with van der Waals surface area (Å²) in [6, 6.07) is 9.39. The van der Waals surface area contributed by atoms with E-state index in [9.17, 15) is 4.79 Å². The molecule has 5 rings (SSSR count). The molecule has 1 aliphatic rings. The molecule has 1 aliphatic carbocycles. The number of aromatic nitrogens is 4. The van der Waals surface area contributed by atoms with Gasteiger partial charge in [-0.1, -0.05) is 12.1 Å². The zero-order valence-electron chi connectivity index (χ0n) is 20.3. The average Bonchev–Trinajstić information content (AvgIpc) is 3.28.